The third-order valence-corrected chi connectivity index (χ3v) is 6.90. The Kier molecular flexibility index (Phi) is 11.0. The highest BCUT2D eigenvalue weighted by molar-refractivity contribution is 7.98. The molecule has 0 bridgehead atoms. The summed E-state index contributed by atoms with van der Waals surface area (Å²) in [4.78, 5) is 28.2. The molecule has 9 heteroatoms. The van der Waals surface area contributed by atoms with Gasteiger partial charge in [0.25, 0.3) is 11.8 Å². The number of hydrogen-bond acceptors (Lipinski definition) is 6. The maximum atomic E-state index is 13.0. The molecule has 0 fully saturated rings. The molecule has 0 unspecified atom stereocenters. The Bertz CT molecular complexity index is 1230. The second-order valence-electron chi connectivity index (χ2n) is 8.21. The van der Waals surface area contributed by atoms with Gasteiger partial charge < -0.3 is 15.3 Å². The summed E-state index contributed by atoms with van der Waals surface area (Å²) in [7, 11) is 0. The van der Waals surface area contributed by atoms with Crippen LogP contribution in [-0.4, -0.2) is 53.4 Å². The van der Waals surface area contributed by atoms with Crippen LogP contribution < -0.4 is 10.7 Å². The third-order valence-electron chi connectivity index (χ3n) is 5.65. The lowest BCUT2D eigenvalue weighted by Gasteiger charge is -2.17. The zero-order chi connectivity index (χ0) is 26.6. The normalized spacial score (nSPS) is 11.1. The number of carbonyl (C=O) groups is 2. The molecule has 2 amide bonds. The van der Waals surface area contributed by atoms with E-state index in [1.165, 1.54) is 24.4 Å². The second-order valence-corrected chi connectivity index (χ2v) is 9.76. The fourth-order valence-corrected chi connectivity index (χ4v) is 4.64. The van der Waals surface area contributed by atoms with Crippen molar-refractivity contribution in [3.8, 4) is 5.75 Å². The number of halogens is 1. The number of benzene rings is 3. The van der Waals surface area contributed by atoms with E-state index in [-0.39, 0.29) is 17.2 Å². The van der Waals surface area contributed by atoms with Crippen molar-refractivity contribution >= 4 is 47.1 Å². The molecule has 0 spiro atoms. The Hall–Kier alpha value is -3.33. The number of anilines is 1. The van der Waals surface area contributed by atoms with Gasteiger partial charge in [-0.3, -0.25) is 9.59 Å². The molecule has 0 radical (unpaired) electrons. The standard InChI is InChI=1S/C28H31ClN4O3S/c1-3-33(4-2)14-15-37-19-21-6-5-7-22(16-21)27(35)31-26-13-10-23(29)17-25(26)28(36)32-30-18-20-8-11-24(34)12-9-20/h5-13,16-18,34H,3-4,14-15,19H2,1-2H3,(H,31,35)(H,32,36)/b30-18+. The molecule has 37 heavy (non-hydrogen) atoms. The number of phenolic OH excluding ortho intramolecular Hbond substituents is 1. The summed E-state index contributed by atoms with van der Waals surface area (Å²) in [5.41, 5.74) is 5.23. The van der Waals surface area contributed by atoms with Crippen LogP contribution in [0.1, 0.15) is 45.7 Å². The van der Waals surface area contributed by atoms with Gasteiger partial charge in [-0.25, -0.2) is 5.43 Å². The van der Waals surface area contributed by atoms with Gasteiger partial charge in [0, 0.05) is 28.6 Å². The lowest BCUT2D eigenvalue weighted by atomic mass is 10.1. The van der Waals surface area contributed by atoms with E-state index in [2.05, 4.69) is 34.6 Å². The molecule has 194 valence electrons. The number of nitrogens with one attached hydrogen (secondary N) is 2. The molecule has 0 aromatic heterocycles. The van der Waals surface area contributed by atoms with Crippen molar-refractivity contribution in [2.24, 2.45) is 5.10 Å². The maximum Gasteiger partial charge on any atom is 0.273 e. The van der Waals surface area contributed by atoms with E-state index >= 15 is 0 Å². The van der Waals surface area contributed by atoms with E-state index in [1.807, 2.05) is 30.0 Å². The molecule has 0 aliphatic carbocycles. The number of carbonyl (C=O) groups excluding carboxylic acids is 2. The van der Waals surface area contributed by atoms with Gasteiger partial charge in [-0.1, -0.05) is 37.6 Å². The number of hydrazone groups is 1. The van der Waals surface area contributed by atoms with Crippen LogP contribution in [0.25, 0.3) is 0 Å². The average molecular weight is 539 g/mol. The first-order valence-corrected chi connectivity index (χ1v) is 13.5. The minimum absolute atomic E-state index is 0.139. The van der Waals surface area contributed by atoms with Crippen molar-refractivity contribution in [2.75, 3.05) is 30.7 Å². The van der Waals surface area contributed by atoms with E-state index < -0.39 is 5.91 Å². The highest BCUT2D eigenvalue weighted by Crippen LogP contribution is 2.22. The van der Waals surface area contributed by atoms with Crippen molar-refractivity contribution in [1.29, 1.82) is 0 Å². The smallest absolute Gasteiger partial charge is 0.273 e. The predicted molar refractivity (Wildman–Crippen MR) is 153 cm³/mol. The third kappa shape index (κ3) is 8.93. The zero-order valence-electron chi connectivity index (χ0n) is 20.9. The van der Waals surface area contributed by atoms with E-state index in [0.717, 1.165) is 36.7 Å². The Labute approximate surface area is 226 Å². The summed E-state index contributed by atoms with van der Waals surface area (Å²) in [6, 6.07) is 18.5. The van der Waals surface area contributed by atoms with Gasteiger partial charge in [-0.15, -0.1) is 0 Å². The minimum Gasteiger partial charge on any atom is -0.508 e. The molecule has 0 atom stereocenters. The first kappa shape index (κ1) is 28.2. The number of rotatable bonds is 12. The van der Waals surface area contributed by atoms with Gasteiger partial charge in [0.1, 0.15) is 5.75 Å². The van der Waals surface area contributed by atoms with Crippen LogP contribution in [0.5, 0.6) is 5.75 Å². The van der Waals surface area contributed by atoms with Crippen LogP contribution in [0.15, 0.2) is 71.8 Å². The fourth-order valence-electron chi connectivity index (χ4n) is 3.52. The van der Waals surface area contributed by atoms with Crippen molar-refractivity contribution < 1.29 is 14.7 Å². The lowest BCUT2D eigenvalue weighted by Crippen LogP contribution is -2.25. The lowest BCUT2D eigenvalue weighted by molar-refractivity contribution is 0.0956. The Morgan fingerprint density at radius 3 is 2.51 bits per heavy atom. The monoisotopic (exact) mass is 538 g/mol. The SMILES string of the molecule is CCN(CC)CCSCc1cccc(C(=O)Nc2ccc(Cl)cc2C(=O)N/N=C/c2ccc(O)cc2)c1. The van der Waals surface area contributed by atoms with E-state index in [0.29, 0.717) is 21.8 Å². The van der Waals surface area contributed by atoms with Gasteiger partial charge >= 0.3 is 0 Å². The Morgan fingerprint density at radius 1 is 1.03 bits per heavy atom. The fraction of sp³-hybridized carbons (Fsp3) is 0.250. The number of aromatic hydroxyl groups is 1. The average Bonchev–Trinajstić information content (AvgIpc) is 2.91. The predicted octanol–water partition coefficient (Wildman–Crippen LogP) is 5.64. The maximum absolute atomic E-state index is 13.0. The number of nitrogens with zero attached hydrogens (tertiary/aromatic N) is 2. The summed E-state index contributed by atoms with van der Waals surface area (Å²) in [6.45, 7) is 7.45. The molecule has 3 rings (SSSR count). The highest BCUT2D eigenvalue weighted by atomic mass is 35.5. The summed E-state index contributed by atoms with van der Waals surface area (Å²) in [6.07, 6.45) is 1.45. The Balaban J connectivity index is 1.63. The molecule has 0 aliphatic heterocycles. The molecule has 3 aromatic carbocycles. The molecular formula is C28H31ClN4O3S. The summed E-state index contributed by atoms with van der Waals surface area (Å²) in [5, 5.41) is 16.5. The van der Waals surface area contributed by atoms with Crippen LogP contribution in [0, 0.1) is 0 Å². The van der Waals surface area contributed by atoms with Crippen LogP contribution in [0.2, 0.25) is 5.02 Å². The van der Waals surface area contributed by atoms with Crippen molar-refractivity contribution in [3.63, 3.8) is 0 Å². The summed E-state index contributed by atoms with van der Waals surface area (Å²) in [5.74, 6) is 1.14. The highest BCUT2D eigenvalue weighted by Gasteiger charge is 2.15. The number of hydrogen-bond donors (Lipinski definition) is 3. The van der Waals surface area contributed by atoms with Gasteiger partial charge in [-0.05, 0) is 78.8 Å². The largest absolute Gasteiger partial charge is 0.508 e. The summed E-state index contributed by atoms with van der Waals surface area (Å²) < 4.78 is 0. The quantitative estimate of drug-likeness (QED) is 0.158. The van der Waals surface area contributed by atoms with Gasteiger partial charge in [0.15, 0.2) is 0 Å². The van der Waals surface area contributed by atoms with Gasteiger partial charge in [0.05, 0.1) is 17.5 Å². The molecule has 3 aromatic rings. The van der Waals surface area contributed by atoms with E-state index in [4.69, 9.17) is 11.6 Å². The first-order valence-electron chi connectivity index (χ1n) is 12.0. The number of thioether (sulfide) groups is 1. The van der Waals surface area contributed by atoms with Gasteiger partial charge in [0.2, 0.25) is 0 Å². The molecule has 3 N–H and O–H groups in total. The van der Waals surface area contributed by atoms with E-state index in [1.54, 1.807) is 30.3 Å². The minimum atomic E-state index is -0.522. The molecule has 0 saturated carbocycles. The van der Waals surface area contributed by atoms with Crippen LogP contribution in [-0.2, 0) is 5.75 Å². The first-order chi connectivity index (χ1) is 17.9. The van der Waals surface area contributed by atoms with Crippen LogP contribution >= 0.6 is 23.4 Å². The summed E-state index contributed by atoms with van der Waals surface area (Å²) >= 11 is 7.96. The molecule has 7 nitrogen and oxygen atoms in total. The van der Waals surface area contributed by atoms with Crippen molar-refractivity contribution in [3.05, 3.63) is 94.0 Å². The Morgan fingerprint density at radius 2 is 1.78 bits per heavy atom. The number of amides is 2. The zero-order valence-corrected chi connectivity index (χ0v) is 22.5. The molecule has 0 aliphatic rings. The van der Waals surface area contributed by atoms with E-state index in [9.17, 15) is 14.7 Å². The molecule has 0 heterocycles. The van der Waals surface area contributed by atoms with Crippen LogP contribution in [0.4, 0.5) is 5.69 Å². The van der Waals surface area contributed by atoms with Crippen molar-refractivity contribution in [1.82, 2.24) is 10.3 Å². The molecule has 0 saturated heterocycles. The topological polar surface area (TPSA) is 94.0 Å². The van der Waals surface area contributed by atoms with Gasteiger partial charge in [-0.2, -0.15) is 16.9 Å². The number of phenols is 1. The second kappa shape index (κ2) is 14.4. The molecular weight excluding hydrogens is 508 g/mol. The van der Waals surface area contributed by atoms with Crippen molar-refractivity contribution in [2.45, 2.75) is 19.6 Å². The van der Waals surface area contributed by atoms with Crippen LogP contribution in [0.3, 0.4) is 0 Å².